The van der Waals surface area contributed by atoms with Crippen LogP contribution in [0.2, 0.25) is 0 Å². The van der Waals surface area contributed by atoms with Gasteiger partial charge >= 0.3 is 21.0 Å². The molecule has 8 aromatic rings. The molecule has 0 heterocycles. The summed E-state index contributed by atoms with van der Waals surface area (Å²) in [5.41, 5.74) is -4.69. The molecule has 0 saturated carbocycles. The van der Waals surface area contributed by atoms with Crippen LogP contribution >= 0.6 is 63.7 Å². The number of rotatable bonds is 20. The Labute approximate surface area is 668 Å². The Morgan fingerprint density at radius 1 is 0.250 bits per heavy atom. The van der Waals surface area contributed by atoms with Gasteiger partial charge in [-0.2, -0.15) is 52.7 Å². The zero-order valence-electron chi connectivity index (χ0n) is 59.3. The van der Waals surface area contributed by atoms with E-state index in [1.165, 1.54) is 170 Å². The minimum Gasteiger partial charge on any atom is -0.234 e. The summed E-state index contributed by atoms with van der Waals surface area (Å²) in [4.78, 5) is -2.16. The molecular weight excluding hydrogens is 1840 g/mol. The third kappa shape index (κ3) is 23.2. The Bertz CT molecular complexity index is 4520. The fraction of sp³-hybridized carbons (Fsp3) is 0.278. The van der Waals surface area contributed by atoms with Crippen molar-refractivity contribution in [2.45, 2.75) is 143 Å². The normalized spacial score (nSPS) is 14.8. The lowest BCUT2D eigenvalue weighted by Gasteiger charge is -2.21. The Morgan fingerprint density at radius 2 is 0.380 bits per heavy atom. The van der Waals surface area contributed by atoms with Crippen molar-refractivity contribution in [3.05, 3.63) is 259 Å². The molecule has 8 rings (SSSR count). The Kier molecular flexibility index (Phi) is 31.6. The predicted molar refractivity (Wildman–Crippen MR) is 429 cm³/mol. The van der Waals surface area contributed by atoms with Crippen molar-refractivity contribution in [2.24, 2.45) is 17.6 Å². The van der Waals surface area contributed by atoms with Crippen LogP contribution in [0.25, 0.3) is 0 Å². The summed E-state index contributed by atoms with van der Waals surface area (Å²) < 4.78 is 286. The molecule has 0 aliphatic heterocycles. The monoisotopic (exact) mass is 1910 g/mol. The maximum absolute atomic E-state index is 15.2. The van der Waals surface area contributed by atoms with Gasteiger partial charge in [-0.05, 0) is 180 Å². The molecule has 16 nitrogen and oxygen atoms in total. The van der Waals surface area contributed by atoms with E-state index < -0.39 is 166 Å². The number of benzene rings is 8. The fourth-order valence-electron chi connectivity index (χ4n) is 7.91. The molecule has 0 amide bonds. The maximum atomic E-state index is 15.2. The van der Waals surface area contributed by atoms with Crippen LogP contribution in [0.3, 0.4) is 0 Å². The Hall–Kier alpha value is -5.80. The smallest absolute Gasteiger partial charge is 0.234 e. The molecule has 0 aromatic heterocycles. The van der Waals surface area contributed by atoms with Crippen molar-refractivity contribution in [1.29, 1.82) is 0 Å². The van der Waals surface area contributed by atoms with Crippen molar-refractivity contribution < 1.29 is 85.6 Å². The van der Waals surface area contributed by atoms with Crippen molar-refractivity contribution in [1.82, 2.24) is 0 Å². The summed E-state index contributed by atoms with van der Waals surface area (Å²) in [6.07, 6.45) is 0. The van der Waals surface area contributed by atoms with Crippen LogP contribution in [-0.4, -0.2) is 113 Å². The van der Waals surface area contributed by atoms with Crippen LogP contribution in [-0.2, 0) is 83.3 Å². The van der Waals surface area contributed by atoms with E-state index in [-0.39, 0.29) is 22.3 Å². The molecule has 0 aliphatic rings. The first-order chi connectivity index (χ1) is 49.5. The minimum absolute atomic E-state index is 0.125. The standard InChI is InChI=1S/4C18H18BrF2NO3S2/c4*1-17(2,3)26(23)22-16(13-9-11-14(19)12-10-13)18(20,21)27(24,25)15-7-5-4-6-8-15/h4*4-12H,1-3H3/b4*22-16+/t4*26-/m1111/s1. The lowest BCUT2D eigenvalue weighted by Crippen LogP contribution is -2.39. The second-order valence-electron chi connectivity index (χ2n) is 26.6. The zero-order valence-corrected chi connectivity index (χ0v) is 72.1. The molecule has 0 radical (unpaired) electrons. The van der Waals surface area contributed by atoms with Crippen LogP contribution in [0.15, 0.2) is 273 Å². The van der Waals surface area contributed by atoms with E-state index in [1.54, 1.807) is 83.1 Å². The van der Waals surface area contributed by atoms with E-state index in [0.29, 0.717) is 17.9 Å². The quantitative estimate of drug-likeness (QED) is 0.0510. The number of hydrogen-bond acceptors (Lipinski definition) is 12. The molecule has 0 N–H and O–H groups in total. The number of halogens is 12. The van der Waals surface area contributed by atoms with Crippen molar-refractivity contribution in [3.63, 3.8) is 0 Å². The molecule has 0 saturated heterocycles. The summed E-state index contributed by atoms with van der Waals surface area (Å²) in [6, 6.07) is 47.9. The molecular formula is C72H72Br4F8N4O12S8. The summed E-state index contributed by atoms with van der Waals surface area (Å²) in [6.45, 7) is 18.8. The van der Waals surface area contributed by atoms with E-state index in [4.69, 9.17) is 0 Å². The highest BCUT2D eigenvalue weighted by Gasteiger charge is 2.56. The second-order valence-corrected chi connectivity index (χ2v) is 45.8. The van der Waals surface area contributed by atoms with Gasteiger partial charge in [-0.25, -0.2) is 50.5 Å². The topological polar surface area (TPSA) is 254 Å². The molecule has 108 heavy (non-hydrogen) atoms. The van der Waals surface area contributed by atoms with E-state index in [2.05, 4.69) is 81.3 Å². The molecule has 4 atom stereocenters. The average Bonchev–Trinajstić information content (AvgIpc) is 0.775. The van der Waals surface area contributed by atoms with Gasteiger partial charge in [0.15, 0.2) is 0 Å². The van der Waals surface area contributed by atoms with E-state index in [9.17, 15) is 50.5 Å². The largest absolute Gasteiger partial charge is 0.392 e. The Morgan fingerprint density at radius 3 is 0.500 bits per heavy atom. The number of sulfone groups is 4. The lowest BCUT2D eigenvalue weighted by atomic mass is 10.1. The van der Waals surface area contributed by atoms with Gasteiger partial charge in [0.2, 0.25) is 39.3 Å². The van der Waals surface area contributed by atoms with Gasteiger partial charge in [0.05, 0.1) is 38.6 Å². The highest BCUT2D eigenvalue weighted by atomic mass is 79.9. The predicted octanol–water partition coefficient (Wildman–Crippen LogP) is 19.1. The van der Waals surface area contributed by atoms with E-state index in [0.717, 1.165) is 48.5 Å². The highest BCUT2D eigenvalue weighted by Crippen LogP contribution is 2.40. The van der Waals surface area contributed by atoms with Gasteiger partial charge in [-0.1, -0.05) is 185 Å². The van der Waals surface area contributed by atoms with Gasteiger partial charge in [-0.15, -0.1) is 0 Å². The van der Waals surface area contributed by atoms with Crippen LogP contribution in [0.5, 0.6) is 0 Å². The summed E-state index contributed by atoms with van der Waals surface area (Å²) >= 11 is 12.8. The summed E-state index contributed by atoms with van der Waals surface area (Å²) in [5.74, 6) is 0. The van der Waals surface area contributed by atoms with Gasteiger partial charge in [0.1, 0.15) is 66.8 Å². The summed E-state index contributed by atoms with van der Waals surface area (Å²) in [5, 5.41) is -17.5. The van der Waals surface area contributed by atoms with Crippen molar-refractivity contribution >= 4 is 170 Å². The van der Waals surface area contributed by atoms with Crippen LogP contribution in [0.1, 0.15) is 105 Å². The van der Waals surface area contributed by atoms with Crippen molar-refractivity contribution in [3.8, 4) is 0 Å². The Balaban J connectivity index is 0.000000258. The third-order valence-corrected chi connectivity index (χ3v) is 28.7. The second kappa shape index (κ2) is 36.8. The first-order valence-electron chi connectivity index (χ1n) is 31.3. The summed E-state index contributed by atoms with van der Waals surface area (Å²) in [7, 11) is -28.7. The minimum atomic E-state index is -5.10. The van der Waals surface area contributed by atoms with Crippen LogP contribution in [0.4, 0.5) is 35.1 Å². The van der Waals surface area contributed by atoms with Gasteiger partial charge in [-0.3, -0.25) is 0 Å². The first-order valence-corrected chi connectivity index (χ1v) is 44.8. The molecule has 0 fully saturated rings. The molecule has 8 aromatic carbocycles. The van der Waals surface area contributed by atoms with E-state index >= 15 is 35.1 Å². The molecule has 36 heteroatoms. The fourth-order valence-corrected chi connectivity index (χ4v) is 16.8. The van der Waals surface area contributed by atoms with Crippen LogP contribution < -0.4 is 0 Å². The zero-order chi connectivity index (χ0) is 81.8. The number of hydrogen-bond donors (Lipinski definition) is 0. The third-order valence-electron chi connectivity index (χ3n) is 13.9. The number of alkyl halides is 8. The SMILES string of the molecule is CC(C)(C)[S@@](=O)/N=C(\c1ccc(Br)cc1)C(F)(F)S(=O)(=O)c1ccccc1.CC(C)(C)[S@@](=O)/N=C(\c1ccc(Br)cc1)C(F)(F)S(=O)(=O)c1ccccc1.CC(C)(C)[S@@](=O)/N=C(\c1ccc(Br)cc1)C(F)(F)S(=O)(=O)c1ccccc1.CC(C)(C)[S@@](=O)/N=C(\c1ccc(Br)cc1)C(F)(F)S(=O)(=O)c1ccccc1. The van der Waals surface area contributed by atoms with Crippen LogP contribution in [0, 0.1) is 0 Å². The van der Waals surface area contributed by atoms with E-state index in [1.807, 2.05) is 0 Å². The molecule has 0 aliphatic carbocycles. The average molecular weight is 1910 g/mol. The molecule has 584 valence electrons. The lowest BCUT2D eigenvalue weighted by molar-refractivity contribution is 0.169. The van der Waals surface area contributed by atoms with Gasteiger partial charge in [0, 0.05) is 40.1 Å². The number of nitrogens with zero attached hydrogens (tertiary/aromatic N) is 4. The molecule has 0 unspecified atom stereocenters. The van der Waals surface area contributed by atoms with Gasteiger partial charge in [0.25, 0.3) is 0 Å². The maximum Gasteiger partial charge on any atom is 0.392 e. The van der Waals surface area contributed by atoms with Crippen molar-refractivity contribution in [2.75, 3.05) is 0 Å². The molecule has 0 bridgehead atoms. The van der Waals surface area contributed by atoms with Gasteiger partial charge < -0.3 is 0 Å². The molecule has 0 spiro atoms. The first kappa shape index (κ1) is 92.8. The highest BCUT2D eigenvalue weighted by molar-refractivity contribution is 9.11.